The molecule has 1 aliphatic rings. The number of nitrogens with zero attached hydrogens (tertiary/aromatic N) is 1. The summed E-state index contributed by atoms with van der Waals surface area (Å²) in [5.74, 6) is 0. The lowest BCUT2D eigenvalue weighted by Crippen LogP contribution is -2.15. The van der Waals surface area contributed by atoms with Crippen LogP contribution in [-0.2, 0) is 0 Å². The standard InChI is InChI=1S/C9H9NOS/c1-9(11)5-2-3-8(4-6-9)12-7-10/h2-6,11H,1H3. The van der Waals surface area contributed by atoms with Crippen LogP contribution in [0.15, 0.2) is 35.3 Å². The molecule has 0 bridgehead atoms. The monoisotopic (exact) mass is 179 g/mol. The quantitative estimate of drug-likeness (QED) is 0.626. The molecule has 0 amide bonds. The number of thioether (sulfide) groups is 1. The summed E-state index contributed by atoms with van der Waals surface area (Å²) in [6, 6.07) is 0. The van der Waals surface area contributed by atoms with E-state index in [1.807, 2.05) is 5.40 Å². The van der Waals surface area contributed by atoms with Crippen molar-refractivity contribution in [3.8, 4) is 5.40 Å². The third-order valence-electron chi connectivity index (χ3n) is 1.44. The van der Waals surface area contributed by atoms with E-state index in [1.165, 1.54) is 0 Å². The molecule has 2 nitrogen and oxygen atoms in total. The maximum Gasteiger partial charge on any atom is 0.138 e. The van der Waals surface area contributed by atoms with Gasteiger partial charge in [0.05, 0.1) is 5.60 Å². The van der Waals surface area contributed by atoms with Gasteiger partial charge in [-0.1, -0.05) is 6.08 Å². The van der Waals surface area contributed by atoms with E-state index in [0.717, 1.165) is 16.7 Å². The third kappa shape index (κ3) is 2.57. The number of aliphatic hydroxyl groups is 1. The van der Waals surface area contributed by atoms with Crippen molar-refractivity contribution in [2.75, 3.05) is 0 Å². The van der Waals surface area contributed by atoms with E-state index in [9.17, 15) is 5.11 Å². The Morgan fingerprint density at radius 3 is 3.00 bits per heavy atom. The highest BCUT2D eigenvalue weighted by Crippen LogP contribution is 2.21. The van der Waals surface area contributed by atoms with E-state index in [4.69, 9.17) is 5.26 Å². The van der Waals surface area contributed by atoms with E-state index in [-0.39, 0.29) is 0 Å². The summed E-state index contributed by atoms with van der Waals surface area (Å²) in [6.07, 6.45) is 8.63. The second-order valence-corrected chi connectivity index (χ2v) is 3.54. The summed E-state index contributed by atoms with van der Waals surface area (Å²) >= 11 is 1.08. The maximum atomic E-state index is 9.54. The van der Waals surface area contributed by atoms with Crippen LogP contribution in [0.3, 0.4) is 0 Å². The molecule has 0 aromatic heterocycles. The van der Waals surface area contributed by atoms with Gasteiger partial charge in [0.25, 0.3) is 0 Å². The lowest BCUT2D eigenvalue weighted by Gasteiger charge is -2.10. The summed E-state index contributed by atoms with van der Waals surface area (Å²) in [6.45, 7) is 1.69. The van der Waals surface area contributed by atoms with Crippen molar-refractivity contribution in [1.82, 2.24) is 0 Å². The van der Waals surface area contributed by atoms with Crippen LogP contribution < -0.4 is 0 Å². The van der Waals surface area contributed by atoms with Gasteiger partial charge in [0.1, 0.15) is 5.40 Å². The smallest absolute Gasteiger partial charge is 0.138 e. The van der Waals surface area contributed by atoms with E-state index in [1.54, 1.807) is 37.3 Å². The second-order valence-electron chi connectivity index (χ2n) is 2.68. The first-order valence-electron chi connectivity index (χ1n) is 3.51. The Hall–Kier alpha value is -0.980. The van der Waals surface area contributed by atoms with Crippen molar-refractivity contribution in [2.45, 2.75) is 12.5 Å². The number of hydrogen-bond acceptors (Lipinski definition) is 3. The van der Waals surface area contributed by atoms with Gasteiger partial charge >= 0.3 is 0 Å². The number of hydrogen-bond donors (Lipinski definition) is 1. The van der Waals surface area contributed by atoms with Gasteiger partial charge in [0.2, 0.25) is 0 Å². The van der Waals surface area contributed by atoms with Crippen molar-refractivity contribution >= 4 is 11.8 Å². The van der Waals surface area contributed by atoms with Crippen molar-refractivity contribution in [3.05, 3.63) is 35.3 Å². The van der Waals surface area contributed by atoms with Crippen molar-refractivity contribution in [2.24, 2.45) is 0 Å². The largest absolute Gasteiger partial charge is 0.382 e. The molecule has 0 saturated carbocycles. The number of thiocyanates is 1. The number of rotatable bonds is 1. The molecule has 1 rings (SSSR count). The average Bonchev–Trinajstić information content (AvgIpc) is 2.14. The molecular formula is C9H9NOS. The second kappa shape index (κ2) is 3.61. The van der Waals surface area contributed by atoms with Gasteiger partial charge in [-0.25, -0.2) is 0 Å². The van der Waals surface area contributed by atoms with Gasteiger partial charge < -0.3 is 5.11 Å². The van der Waals surface area contributed by atoms with Crippen molar-refractivity contribution in [3.63, 3.8) is 0 Å². The van der Waals surface area contributed by atoms with Crippen LogP contribution >= 0.6 is 11.8 Å². The fourth-order valence-electron chi connectivity index (χ4n) is 0.820. The first kappa shape index (κ1) is 9.11. The summed E-state index contributed by atoms with van der Waals surface area (Å²) in [5.41, 5.74) is -0.895. The van der Waals surface area contributed by atoms with Gasteiger partial charge in [-0.3, -0.25) is 0 Å². The van der Waals surface area contributed by atoms with Crippen LogP contribution in [0.2, 0.25) is 0 Å². The van der Waals surface area contributed by atoms with Crippen LogP contribution in [0.1, 0.15) is 6.92 Å². The highest BCUT2D eigenvalue weighted by Gasteiger charge is 2.12. The van der Waals surface area contributed by atoms with Gasteiger partial charge in [0.15, 0.2) is 0 Å². The Morgan fingerprint density at radius 2 is 2.33 bits per heavy atom. The molecule has 3 heteroatoms. The molecule has 1 atom stereocenters. The predicted octanol–water partition coefficient (Wildman–Crippen LogP) is 1.96. The zero-order chi connectivity index (χ0) is 9.03. The molecule has 0 saturated heterocycles. The summed E-state index contributed by atoms with van der Waals surface area (Å²) in [5, 5.41) is 19.9. The molecule has 62 valence electrons. The zero-order valence-corrected chi connectivity index (χ0v) is 7.51. The predicted molar refractivity (Wildman–Crippen MR) is 50.2 cm³/mol. The minimum absolute atomic E-state index is 0.839. The molecule has 0 aromatic carbocycles. The molecule has 0 aromatic rings. The van der Waals surface area contributed by atoms with Crippen LogP contribution in [-0.4, -0.2) is 10.7 Å². The Labute approximate surface area is 75.9 Å². The fourth-order valence-corrected chi connectivity index (χ4v) is 1.21. The molecule has 0 aliphatic heterocycles. The van der Waals surface area contributed by atoms with E-state index in [2.05, 4.69) is 0 Å². The zero-order valence-electron chi connectivity index (χ0n) is 6.69. The van der Waals surface area contributed by atoms with Crippen LogP contribution in [0.4, 0.5) is 0 Å². The summed E-state index contributed by atoms with van der Waals surface area (Å²) in [7, 11) is 0. The fraction of sp³-hybridized carbons (Fsp3) is 0.222. The summed E-state index contributed by atoms with van der Waals surface area (Å²) < 4.78 is 0. The van der Waals surface area contributed by atoms with Gasteiger partial charge in [-0.15, -0.1) is 0 Å². The highest BCUT2D eigenvalue weighted by atomic mass is 32.2. The summed E-state index contributed by atoms with van der Waals surface area (Å²) in [4.78, 5) is 0.839. The van der Waals surface area contributed by atoms with Gasteiger partial charge in [0, 0.05) is 4.91 Å². The number of allylic oxidation sites excluding steroid dienone is 3. The minimum atomic E-state index is -0.895. The molecule has 0 heterocycles. The molecule has 0 fully saturated rings. The first-order chi connectivity index (χ1) is 5.64. The third-order valence-corrected chi connectivity index (χ3v) is 2.04. The van der Waals surface area contributed by atoms with Crippen molar-refractivity contribution in [1.29, 1.82) is 5.26 Å². The Morgan fingerprint density at radius 1 is 1.58 bits per heavy atom. The van der Waals surface area contributed by atoms with Crippen LogP contribution in [0.25, 0.3) is 0 Å². The number of nitriles is 1. The highest BCUT2D eigenvalue weighted by molar-refractivity contribution is 8.07. The molecule has 0 radical (unpaired) electrons. The van der Waals surface area contributed by atoms with Crippen LogP contribution in [0.5, 0.6) is 0 Å². The lowest BCUT2D eigenvalue weighted by molar-refractivity contribution is 0.164. The maximum absolute atomic E-state index is 9.54. The normalized spacial score (nSPS) is 27.6. The molecule has 1 unspecified atom stereocenters. The topological polar surface area (TPSA) is 44.0 Å². The van der Waals surface area contributed by atoms with Gasteiger partial charge in [-0.05, 0) is 43.0 Å². The van der Waals surface area contributed by atoms with Crippen molar-refractivity contribution < 1.29 is 5.11 Å². The molecule has 1 aliphatic carbocycles. The van der Waals surface area contributed by atoms with E-state index < -0.39 is 5.60 Å². The lowest BCUT2D eigenvalue weighted by atomic mass is 10.1. The Balaban J connectivity index is 2.81. The Kier molecular flexibility index (Phi) is 2.74. The molecule has 1 N–H and O–H groups in total. The Bertz CT molecular complexity index is 294. The average molecular weight is 179 g/mol. The van der Waals surface area contributed by atoms with Crippen LogP contribution in [0, 0.1) is 10.7 Å². The molecule has 0 spiro atoms. The SMILES string of the molecule is CC1(O)C=CC=C(SC#N)C=C1. The van der Waals surface area contributed by atoms with E-state index in [0.29, 0.717) is 0 Å². The minimum Gasteiger partial charge on any atom is -0.382 e. The van der Waals surface area contributed by atoms with E-state index >= 15 is 0 Å². The molecular weight excluding hydrogens is 170 g/mol. The van der Waals surface area contributed by atoms with Gasteiger partial charge in [-0.2, -0.15) is 5.26 Å². The molecule has 12 heavy (non-hydrogen) atoms. The first-order valence-corrected chi connectivity index (χ1v) is 4.33.